The molecule has 0 spiro atoms. The molecule has 98 valence electrons. The molecule has 3 nitrogen and oxygen atoms in total. The Labute approximate surface area is 112 Å². The number of hydrogen-bond donors (Lipinski definition) is 0. The second-order valence-electron chi connectivity index (χ2n) is 4.56. The van der Waals surface area contributed by atoms with Crippen molar-refractivity contribution in [2.45, 2.75) is 13.2 Å². The summed E-state index contributed by atoms with van der Waals surface area (Å²) in [7, 11) is 0. The Morgan fingerprint density at radius 1 is 0.947 bits per heavy atom. The Morgan fingerprint density at radius 3 is 2.42 bits per heavy atom. The molecular formula is C16H16O3. The zero-order chi connectivity index (χ0) is 13.1. The average Bonchev–Trinajstić information content (AvgIpc) is 2.96. The van der Waals surface area contributed by atoms with Gasteiger partial charge in [-0.05, 0) is 31.2 Å². The lowest BCUT2D eigenvalue weighted by atomic mass is 10.2. The molecule has 0 radical (unpaired) electrons. The third-order valence-corrected chi connectivity index (χ3v) is 3.01. The molecule has 0 unspecified atom stereocenters. The van der Waals surface area contributed by atoms with Gasteiger partial charge in [-0.2, -0.15) is 0 Å². The van der Waals surface area contributed by atoms with Gasteiger partial charge in [0, 0.05) is 5.56 Å². The summed E-state index contributed by atoms with van der Waals surface area (Å²) in [5.74, 6) is 1.62. The van der Waals surface area contributed by atoms with Gasteiger partial charge in [-0.3, -0.25) is 0 Å². The standard InChI is InChI=1S/C16H16O3/c1-12-5-7-14(8-6-12)19-15-4-2-3-13(11-15)16-17-9-10-18-16/h2-8,11,16H,9-10H2,1H3. The van der Waals surface area contributed by atoms with Crippen molar-refractivity contribution in [1.29, 1.82) is 0 Å². The molecule has 1 saturated heterocycles. The number of aryl methyl sites for hydroxylation is 1. The predicted octanol–water partition coefficient (Wildman–Crippen LogP) is 3.83. The van der Waals surface area contributed by atoms with Crippen molar-refractivity contribution < 1.29 is 14.2 Å². The van der Waals surface area contributed by atoms with Gasteiger partial charge < -0.3 is 14.2 Å². The normalized spacial score (nSPS) is 15.6. The summed E-state index contributed by atoms with van der Waals surface area (Å²) < 4.78 is 16.8. The first kappa shape index (κ1) is 12.2. The van der Waals surface area contributed by atoms with Gasteiger partial charge in [-0.1, -0.05) is 29.8 Å². The van der Waals surface area contributed by atoms with E-state index in [4.69, 9.17) is 14.2 Å². The quantitative estimate of drug-likeness (QED) is 0.835. The monoisotopic (exact) mass is 256 g/mol. The summed E-state index contributed by atoms with van der Waals surface area (Å²) in [6.07, 6.45) is -0.262. The van der Waals surface area contributed by atoms with Crippen molar-refractivity contribution >= 4 is 0 Å². The molecule has 2 aromatic carbocycles. The van der Waals surface area contributed by atoms with E-state index < -0.39 is 0 Å². The molecular weight excluding hydrogens is 240 g/mol. The van der Waals surface area contributed by atoms with Gasteiger partial charge in [0.2, 0.25) is 0 Å². The zero-order valence-corrected chi connectivity index (χ0v) is 10.8. The van der Waals surface area contributed by atoms with Crippen LogP contribution < -0.4 is 4.74 Å². The van der Waals surface area contributed by atoms with Crippen LogP contribution in [-0.2, 0) is 9.47 Å². The zero-order valence-electron chi connectivity index (χ0n) is 10.8. The highest BCUT2D eigenvalue weighted by atomic mass is 16.7. The van der Waals surface area contributed by atoms with Crippen LogP contribution in [0.4, 0.5) is 0 Å². The Balaban J connectivity index is 1.77. The summed E-state index contributed by atoms with van der Waals surface area (Å²) in [6.45, 7) is 3.35. The minimum atomic E-state index is -0.262. The molecule has 0 N–H and O–H groups in total. The predicted molar refractivity (Wildman–Crippen MR) is 72.3 cm³/mol. The van der Waals surface area contributed by atoms with Crippen molar-refractivity contribution in [3.63, 3.8) is 0 Å². The summed E-state index contributed by atoms with van der Waals surface area (Å²) in [5, 5.41) is 0. The van der Waals surface area contributed by atoms with Gasteiger partial charge in [0.1, 0.15) is 11.5 Å². The van der Waals surface area contributed by atoms with E-state index in [1.165, 1.54) is 5.56 Å². The minimum Gasteiger partial charge on any atom is -0.457 e. The number of ether oxygens (including phenoxy) is 3. The molecule has 3 rings (SSSR count). The third-order valence-electron chi connectivity index (χ3n) is 3.01. The molecule has 0 amide bonds. The molecule has 3 heteroatoms. The molecule has 1 fully saturated rings. The van der Waals surface area contributed by atoms with Crippen LogP contribution in [0.25, 0.3) is 0 Å². The molecule has 1 heterocycles. The van der Waals surface area contributed by atoms with Crippen LogP contribution in [0, 0.1) is 6.92 Å². The fraction of sp³-hybridized carbons (Fsp3) is 0.250. The Bertz CT molecular complexity index is 542. The molecule has 0 aliphatic carbocycles. The van der Waals surface area contributed by atoms with Crippen LogP contribution in [0.2, 0.25) is 0 Å². The Morgan fingerprint density at radius 2 is 1.68 bits per heavy atom. The topological polar surface area (TPSA) is 27.7 Å². The first-order chi connectivity index (χ1) is 9.31. The lowest BCUT2D eigenvalue weighted by Gasteiger charge is -2.11. The molecule has 1 aliphatic rings. The van der Waals surface area contributed by atoms with Crippen LogP contribution in [0.1, 0.15) is 17.4 Å². The number of benzene rings is 2. The van der Waals surface area contributed by atoms with Crippen molar-refractivity contribution in [3.05, 3.63) is 59.7 Å². The van der Waals surface area contributed by atoms with E-state index in [0.29, 0.717) is 13.2 Å². The number of hydrogen-bond acceptors (Lipinski definition) is 3. The third kappa shape index (κ3) is 2.95. The second kappa shape index (κ2) is 5.43. The lowest BCUT2D eigenvalue weighted by Crippen LogP contribution is -1.98. The Kier molecular flexibility index (Phi) is 3.49. The van der Waals surface area contributed by atoms with Gasteiger partial charge in [0.15, 0.2) is 6.29 Å². The van der Waals surface area contributed by atoms with E-state index >= 15 is 0 Å². The van der Waals surface area contributed by atoms with Gasteiger partial charge in [-0.25, -0.2) is 0 Å². The fourth-order valence-electron chi connectivity index (χ4n) is 2.02. The fourth-order valence-corrected chi connectivity index (χ4v) is 2.02. The highest BCUT2D eigenvalue weighted by Gasteiger charge is 2.18. The lowest BCUT2D eigenvalue weighted by molar-refractivity contribution is -0.0442. The van der Waals surface area contributed by atoms with Crippen molar-refractivity contribution in [2.24, 2.45) is 0 Å². The first-order valence-corrected chi connectivity index (χ1v) is 6.39. The molecule has 2 aromatic rings. The maximum atomic E-state index is 5.82. The highest BCUT2D eigenvalue weighted by Crippen LogP contribution is 2.28. The molecule has 0 atom stereocenters. The maximum absolute atomic E-state index is 5.82. The largest absolute Gasteiger partial charge is 0.457 e. The van der Waals surface area contributed by atoms with E-state index in [1.54, 1.807) is 0 Å². The van der Waals surface area contributed by atoms with E-state index in [9.17, 15) is 0 Å². The van der Waals surface area contributed by atoms with E-state index in [1.807, 2.05) is 48.5 Å². The van der Waals surface area contributed by atoms with Gasteiger partial charge >= 0.3 is 0 Å². The van der Waals surface area contributed by atoms with Gasteiger partial charge in [0.25, 0.3) is 0 Å². The van der Waals surface area contributed by atoms with Crippen molar-refractivity contribution in [3.8, 4) is 11.5 Å². The average molecular weight is 256 g/mol. The van der Waals surface area contributed by atoms with E-state index in [2.05, 4.69) is 6.92 Å². The van der Waals surface area contributed by atoms with Crippen LogP contribution in [0.15, 0.2) is 48.5 Å². The van der Waals surface area contributed by atoms with Crippen LogP contribution in [0.5, 0.6) is 11.5 Å². The van der Waals surface area contributed by atoms with E-state index in [-0.39, 0.29) is 6.29 Å². The summed E-state index contributed by atoms with van der Waals surface area (Å²) in [4.78, 5) is 0. The van der Waals surface area contributed by atoms with Crippen LogP contribution >= 0.6 is 0 Å². The maximum Gasteiger partial charge on any atom is 0.184 e. The van der Waals surface area contributed by atoms with Crippen LogP contribution in [-0.4, -0.2) is 13.2 Å². The number of rotatable bonds is 3. The van der Waals surface area contributed by atoms with Crippen molar-refractivity contribution in [2.75, 3.05) is 13.2 Å². The summed E-state index contributed by atoms with van der Waals surface area (Å²) >= 11 is 0. The van der Waals surface area contributed by atoms with Crippen molar-refractivity contribution in [1.82, 2.24) is 0 Å². The van der Waals surface area contributed by atoms with E-state index in [0.717, 1.165) is 17.1 Å². The summed E-state index contributed by atoms with van der Waals surface area (Å²) in [5.41, 5.74) is 2.20. The van der Waals surface area contributed by atoms with Gasteiger partial charge in [-0.15, -0.1) is 0 Å². The SMILES string of the molecule is Cc1ccc(Oc2cccc(C3OCCO3)c2)cc1. The first-order valence-electron chi connectivity index (χ1n) is 6.39. The smallest absolute Gasteiger partial charge is 0.184 e. The highest BCUT2D eigenvalue weighted by molar-refractivity contribution is 5.35. The second-order valence-corrected chi connectivity index (χ2v) is 4.56. The van der Waals surface area contributed by atoms with Gasteiger partial charge in [0.05, 0.1) is 13.2 Å². The molecule has 0 bridgehead atoms. The molecule has 0 saturated carbocycles. The summed E-state index contributed by atoms with van der Waals surface area (Å²) in [6, 6.07) is 15.8. The molecule has 0 aromatic heterocycles. The molecule has 1 aliphatic heterocycles. The van der Waals surface area contributed by atoms with Crippen LogP contribution in [0.3, 0.4) is 0 Å². The Hall–Kier alpha value is -1.84. The molecule has 19 heavy (non-hydrogen) atoms. The minimum absolute atomic E-state index is 0.262.